The van der Waals surface area contributed by atoms with Crippen molar-refractivity contribution in [2.75, 3.05) is 13.2 Å². The minimum Gasteiger partial charge on any atom is -0.491 e. The monoisotopic (exact) mass is 389 g/mol. The third kappa shape index (κ3) is 3.27. The van der Waals surface area contributed by atoms with Crippen LogP contribution in [0.3, 0.4) is 0 Å². The van der Waals surface area contributed by atoms with Crippen LogP contribution in [0.5, 0.6) is 5.75 Å². The van der Waals surface area contributed by atoms with Gasteiger partial charge in [-0.25, -0.2) is 4.79 Å². The second kappa shape index (κ2) is 6.21. The first-order valence-electron chi connectivity index (χ1n) is 5.98. The number of hydrogen-bond donors (Lipinski definition) is 1. The Morgan fingerprint density at radius 2 is 1.95 bits per heavy atom. The topological polar surface area (TPSA) is 83.9 Å². The normalized spacial score (nSPS) is 14.8. The molecule has 20 heavy (non-hydrogen) atoms. The predicted octanol–water partition coefficient (Wildman–Crippen LogP) is 1.52. The van der Waals surface area contributed by atoms with E-state index in [1.54, 1.807) is 12.1 Å². The fourth-order valence-electron chi connectivity index (χ4n) is 1.91. The number of carboxylic acid groups (broad SMARTS) is 1. The molecule has 0 atom stereocenters. The van der Waals surface area contributed by atoms with E-state index in [0.717, 1.165) is 8.47 Å². The van der Waals surface area contributed by atoms with Crippen LogP contribution in [0, 0.1) is 3.57 Å². The Hall–Kier alpha value is -1.64. The number of hydrogen-bond acceptors (Lipinski definition) is 4. The fourth-order valence-corrected chi connectivity index (χ4v) is 2.41. The zero-order valence-corrected chi connectivity index (χ0v) is 12.6. The van der Waals surface area contributed by atoms with Crippen LogP contribution in [0.2, 0.25) is 0 Å². The first-order valence-corrected chi connectivity index (χ1v) is 7.06. The molecule has 6 nitrogen and oxygen atoms in total. The Bertz CT molecular complexity index is 556. The van der Waals surface area contributed by atoms with E-state index in [1.807, 2.05) is 22.6 Å². The van der Waals surface area contributed by atoms with Gasteiger partial charge in [-0.2, -0.15) is 0 Å². The molecule has 0 radical (unpaired) electrons. The number of carboxylic acids is 1. The molecule has 1 N–H and O–H groups in total. The van der Waals surface area contributed by atoms with Crippen LogP contribution in [-0.2, 0) is 9.59 Å². The maximum atomic E-state index is 11.4. The van der Waals surface area contributed by atoms with Gasteiger partial charge in [0.15, 0.2) is 0 Å². The van der Waals surface area contributed by atoms with Crippen molar-refractivity contribution >= 4 is 40.4 Å². The molecule has 1 aliphatic rings. The Labute approximate surface area is 128 Å². The van der Waals surface area contributed by atoms with Gasteiger partial charge in [0, 0.05) is 16.4 Å². The van der Waals surface area contributed by atoms with Crippen LogP contribution in [-0.4, -0.2) is 40.9 Å². The lowest BCUT2D eigenvalue weighted by Gasteiger charge is -2.15. The number of carbonyl (C=O) groups is 3. The predicted molar refractivity (Wildman–Crippen MR) is 77.6 cm³/mol. The summed E-state index contributed by atoms with van der Waals surface area (Å²) in [6.07, 6.45) is 0.478. The number of carbonyl (C=O) groups excluding carboxylic acids is 2. The third-order valence-electron chi connectivity index (χ3n) is 2.90. The lowest BCUT2D eigenvalue weighted by Crippen LogP contribution is -2.33. The summed E-state index contributed by atoms with van der Waals surface area (Å²) in [5.41, 5.74) is 0.0657. The smallest absolute Gasteiger partial charge is 0.339 e. The summed E-state index contributed by atoms with van der Waals surface area (Å²) in [5, 5.41) is 9.08. The van der Waals surface area contributed by atoms with Crippen LogP contribution in [0.15, 0.2) is 18.2 Å². The van der Waals surface area contributed by atoms with Gasteiger partial charge < -0.3 is 9.84 Å². The van der Waals surface area contributed by atoms with Gasteiger partial charge in [0.2, 0.25) is 11.8 Å². The van der Waals surface area contributed by atoms with Crippen molar-refractivity contribution in [3.63, 3.8) is 0 Å². The summed E-state index contributed by atoms with van der Waals surface area (Å²) in [4.78, 5) is 35.0. The molecule has 2 amide bonds. The highest BCUT2D eigenvalue weighted by Crippen LogP contribution is 2.21. The van der Waals surface area contributed by atoms with E-state index in [-0.39, 0.29) is 49.1 Å². The highest BCUT2D eigenvalue weighted by molar-refractivity contribution is 14.1. The van der Waals surface area contributed by atoms with Crippen LogP contribution >= 0.6 is 22.6 Å². The van der Waals surface area contributed by atoms with Crippen molar-refractivity contribution in [2.45, 2.75) is 12.8 Å². The van der Waals surface area contributed by atoms with Gasteiger partial charge in [0.1, 0.15) is 17.9 Å². The van der Waals surface area contributed by atoms with Gasteiger partial charge in [0.25, 0.3) is 0 Å². The Kier molecular flexibility index (Phi) is 4.58. The van der Waals surface area contributed by atoms with Gasteiger partial charge in [-0.1, -0.05) is 0 Å². The molecule has 1 heterocycles. The third-order valence-corrected chi connectivity index (χ3v) is 3.57. The standard InChI is InChI=1S/C13H12INO5/c14-8-1-2-10(9(7-8)13(18)19)20-6-5-15-11(16)3-4-12(15)17/h1-2,7H,3-6H2,(H,18,19). The molecule has 1 fully saturated rings. The van der Waals surface area contributed by atoms with Crippen molar-refractivity contribution < 1.29 is 24.2 Å². The summed E-state index contributed by atoms with van der Waals surface area (Å²) < 4.78 is 6.17. The van der Waals surface area contributed by atoms with Gasteiger partial charge in [-0.3, -0.25) is 14.5 Å². The first-order chi connectivity index (χ1) is 9.49. The van der Waals surface area contributed by atoms with Crippen molar-refractivity contribution in [3.8, 4) is 5.75 Å². The molecule has 2 rings (SSSR count). The second-order valence-electron chi connectivity index (χ2n) is 4.23. The highest BCUT2D eigenvalue weighted by atomic mass is 127. The van der Waals surface area contributed by atoms with E-state index >= 15 is 0 Å². The molecular weight excluding hydrogens is 377 g/mol. The molecule has 7 heteroatoms. The summed E-state index contributed by atoms with van der Waals surface area (Å²) in [7, 11) is 0. The number of ether oxygens (including phenoxy) is 1. The van der Waals surface area contributed by atoms with E-state index in [9.17, 15) is 14.4 Å². The molecule has 106 valence electrons. The number of imide groups is 1. The number of amides is 2. The Morgan fingerprint density at radius 1 is 1.30 bits per heavy atom. The molecule has 0 saturated carbocycles. The molecule has 1 saturated heterocycles. The largest absolute Gasteiger partial charge is 0.491 e. The number of benzene rings is 1. The molecule has 0 aliphatic carbocycles. The van der Waals surface area contributed by atoms with Crippen molar-refractivity contribution in [1.29, 1.82) is 0 Å². The fraction of sp³-hybridized carbons (Fsp3) is 0.308. The molecule has 0 bridgehead atoms. The molecule has 1 aromatic rings. The average Bonchev–Trinajstić information content (AvgIpc) is 2.71. The molecule has 0 spiro atoms. The molecule has 1 aromatic carbocycles. The highest BCUT2D eigenvalue weighted by Gasteiger charge is 2.28. The Morgan fingerprint density at radius 3 is 2.55 bits per heavy atom. The zero-order valence-electron chi connectivity index (χ0n) is 10.5. The van der Waals surface area contributed by atoms with E-state index in [1.165, 1.54) is 6.07 Å². The van der Waals surface area contributed by atoms with Gasteiger partial charge >= 0.3 is 5.97 Å². The minimum atomic E-state index is -1.08. The second-order valence-corrected chi connectivity index (χ2v) is 5.48. The lowest BCUT2D eigenvalue weighted by atomic mass is 10.2. The molecule has 0 unspecified atom stereocenters. The number of rotatable bonds is 5. The molecule has 0 aromatic heterocycles. The van der Waals surface area contributed by atoms with E-state index < -0.39 is 5.97 Å². The van der Waals surface area contributed by atoms with Crippen molar-refractivity contribution in [3.05, 3.63) is 27.3 Å². The number of likely N-dealkylation sites (tertiary alicyclic amines) is 1. The van der Waals surface area contributed by atoms with Gasteiger partial charge in [-0.05, 0) is 40.8 Å². The lowest BCUT2D eigenvalue weighted by molar-refractivity contribution is -0.138. The first kappa shape index (κ1) is 14.8. The molecule has 1 aliphatic heterocycles. The average molecular weight is 389 g/mol. The van der Waals surface area contributed by atoms with Crippen LogP contribution in [0.4, 0.5) is 0 Å². The SMILES string of the molecule is O=C(O)c1cc(I)ccc1OCCN1C(=O)CCC1=O. The number of aromatic carboxylic acids is 1. The van der Waals surface area contributed by atoms with Crippen LogP contribution in [0.25, 0.3) is 0 Å². The van der Waals surface area contributed by atoms with Crippen molar-refractivity contribution in [1.82, 2.24) is 4.90 Å². The van der Waals surface area contributed by atoms with Gasteiger partial charge in [-0.15, -0.1) is 0 Å². The van der Waals surface area contributed by atoms with E-state index in [2.05, 4.69) is 0 Å². The van der Waals surface area contributed by atoms with E-state index in [4.69, 9.17) is 9.84 Å². The molecular formula is C13H12INO5. The Balaban J connectivity index is 1.99. The van der Waals surface area contributed by atoms with E-state index in [0.29, 0.717) is 0 Å². The maximum absolute atomic E-state index is 11.4. The summed E-state index contributed by atoms with van der Waals surface area (Å²) in [5.74, 6) is -1.26. The zero-order chi connectivity index (χ0) is 14.7. The van der Waals surface area contributed by atoms with Crippen LogP contribution in [0.1, 0.15) is 23.2 Å². The summed E-state index contributed by atoms with van der Waals surface area (Å²) >= 11 is 2.01. The quantitative estimate of drug-likeness (QED) is 0.610. The summed E-state index contributed by atoms with van der Waals surface area (Å²) in [6.45, 7) is 0.223. The van der Waals surface area contributed by atoms with Gasteiger partial charge in [0.05, 0.1) is 6.54 Å². The number of nitrogens with zero attached hydrogens (tertiary/aromatic N) is 1. The number of halogens is 1. The van der Waals surface area contributed by atoms with Crippen molar-refractivity contribution in [2.24, 2.45) is 0 Å². The van der Waals surface area contributed by atoms with Crippen LogP contribution < -0.4 is 4.74 Å². The minimum absolute atomic E-state index is 0.0657. The maximum Gasteiger partial charge on any atom is 0.339 e. The summed E-state index contributed by atoms with van der Waals surface area (Å²) in [6, 6.07) is 4.80.